The molecule has 4 aromatic rings. The number of para-hydroxylation sites is 1. The van der Waals surface area contributed by atoms with E-state index in [0.717, 1.165) is 76.1 Å². The highest BCUT2D eigenvalue weighted by Crippen LogP contribution is 2.43. The molecule has 1 saturated heterocycles. The van der Waals surface area contributed by atoms with Crippen LogP contribution in [0.1, 0.15) is 30.5 Å². The van der Waals surface area contributed by atoms with E-state index in [9.17, 15) is 4.79 Å². The van der Waals surface area contributed by atoms with Crippen LogP contribution in [0.5, 0.6) is 17.2 Å². The summed E-state index contributed by atoms with van der Waals surface area (Å²) in [6.45, 7) is 7.50. The third kappa shape index (κ3) is 5.61. The lowest BCUT2D eigenvalue weighted by Crippen LogP contribution is -2.36. The van der Waals surface area contributed by atoms with Gasteiger partial charge in [0.2, 0.25) is 5.56 Å². The standard InChI is InChI=1S/C31H32N4O4/c1-20(2)38-26-12-21(17-32-19-26)18-33-24-6-7-29-23(14-24)13-22-4-3-5-27(31(22)39-29)28-15-25(16-30(36)34-28)35-8-10-37-11-9-35/h3-7,12,14-17,19-20,33H,8-11,13,18H2,1-2H3,(H,34,36). The van der Waals surface area contributed by atoms with Gasteiger partial charge in [-0.2, -0.15) is 0 Å². The van der Waals surface area contributed by atoms with Crippen LogP contribution in [0.4, 0.5) is 11.4 Å². The molecule has 0 radical (unpaired) electrons. The van der Waals surface area contributed by atoms with Gasteiger partial charge in [0.25, 0.3) is 0 Å². The summed E-state index contributed by atoms with van der Waals surface area (Å²) in [6.07, 6.45) is 4.42. The van der Waals surface area contributed by atoms with Crippen molar-refractivity contribution in [3.8, 4) is 28.5 Å². The average molecular weight is 525 g/mol. The zero-order chi connectivity index (χ0) is 26.8. The van der Waals surface area contributed by atoms with Crippen molar-refractivity contribution < 1.29 is 14.2 Å². The van der Waals surface area contributed by atoms with E-state index in [1.54, 1.807) is 12.3 Å². The molecule has 2 aliphatic rings. The van der Waals surface area contributed by atoms with E-state index in [1.165, 1.54) is 0 Å². The largest absolute Gasteiger partial charge is 0.489 e. The molecular formula is C31H32N4O4. The number of morpholine rings is 1. The maximum Gasteiger partial charge on any atom is 0.250 e. The minimum absolute atomic E-state index is 0.105. The highest BCUT2D eigenvalue weighted by molar-refractivity contribution is 5.74. The molecule has 2 N–H and O–H groups in total. The molecule has 6 rings (SSSR count). The van der Waals surface area contributed by atoms with Crippen molar-refractivity contribution >= 4 is 11.4 Å². The summed E-state index contributed by atoms with van der Waals surface area (Å²) in [5.74, 6) is 2.38. The Hall–Kier alpha value is -4.30. The number of fused-ring (bicyclic) bond motifs is 2. The summed E-state index contributed by atoms with van der Waals surface area (Å²) in [5.41, 5.74) is 6.64. The molecule has 0 spiro atoms. The van der Waals surface area contributed by atoms with Crippen LogP contribution < -0.4 is 25.2 Å². The molecule has 0 atom stereocenters. The molecule has 39 heavy (non-hydrogen) atoms. The number of pyridine rings is 2. The predicted molar refractivity (Wildman–Crippen MR) is 152 cm³/mol. The molecule has 0 saturated carbocycles. The zero-order valence-corrected chi connectivity index (χ0v) is 22.2. The van der Waals surface area contributed by atoms with Crippen molar-refractivity contribution in [1.29, 1.82) is 0 Å². The fourth-order valence-electron chi connectivity index (χ4n) is 5.08. The number of nitrogens with zero attached hydrogens (tertiary/aromatic N) is 2. The first-order valence-electron chi connectivity index (χ1n) is 13.4. The van der Waals surface area contributed by atoms with Crippen LogP contribution >= 0.6 is 0 Å². The fourth-order valence-corrected chi connectivity index (χ4v) is 5.08. The monoisotopic (exact) mass is 524 g/mol. The first-order valence-corrected chi connectivity index (χ1v) is 13.4. The van der Waals surface area contributed by atoms with Gasteiger partial charge < -0.3 is 29.4 Å². The van der Waals surface area contributed by atoms with E-state index < -0.39 is 0 Å². The van der Waals surface area contributed by atoms with Gasteiger partial charge in [-0.1, -0.05) is 12.1 Å². The van der Waals surface area contributed by atoms with E-state index in [2.05, 4.69) is 32.3 Å². The Morgan fingerprint density at radius 3 is 2.77 bits per heavy atom. The third-order valence-corrected chi connectivity index (χ3v) is 6.88. The van der Waals surface area contributed by atoms with Crippen LogP contribution in [0.25, 0.3) is 11.3 Å². The minimum atomic E-state index is -0.130. The number of benzene rings is 2. The molecule has 2 aliphatic heterocycles. The van der Waals surface area contributed by atoms with Crippen molar-refractivity contribution in [3.05, 3.63) is 94.0 Å². The van der Waals surface area contributed by atoms with Gasteiger partial charge in [0.1, 0.15) is 17.2 Å². The summed E-state index contributed by atoms with van der Waals surface area (Å²) in [6, 6.07) is 17.9. The molecule has 4 heterocycles. The van der Waals surface area contributed by atoms with Gasteiger partial charge in [-0.15, -0.1) is 0 Å². The van der Waals surface area contributed by atoms with Gasteiger partial charge in [-0.05, 0) is 61.4 Å². The Morgan fingerprint density at radius 1 is 1.05 bits per heavy atom. The molecule has 0 unspecified atom stereocenters. The second-order valence-corrected chi connectivity index (χ2v) is 10.2. The van der Waals surface area contributed by atoms with Crippen LogP contribution in [0.3, 0.4) is 0 Å². The van der Waals surface area contributed by atoms with Crippen LogP contribution in [0, 0.1) is 0 Å². The van der Waals surface area contributed by atoms with Crippen LogP contribution in [-0.2, 0) is 17.7 Å². The molecule has 0 aliphatic carbocycles. The smallest absolute Gasteiger partial charge is 0.250 e. The van der Waals surface area contributed by atoms with Crippen LogP contribution in [-0.4, -0.2) is 42.4 Å². The number of hydrogen-bond acceptors (Lipinski definition) is 7. The highest BCUT2D eigenvalue weighted by Gasteiger charge is 2.22. The van der Waals surface area contributed by atoms with Gasteiger partial charge in [0.15, 0.2) is 0 Å². The molecule has 1 fully saturated rings. The number of ether oxygens (including phenoxy) is 3. The van der Waals surface area contributed by atoms with E-state index in [-0.39, 0.29) is 11.7 Å². The maximum absolute atomic E-state index is 12.6. The van der Waals surface area contributed by atoms with Crippen molar-refractivity contribution in [2.75, 3.05) is 36.5 Å². The molecule has 8 heteroatoms. The van der Waals surface area contributed by atoms with Gasteiger partial charge in [-0.25, -0.2) is 0 Å². The van der Waals surface area contributed by atoms with Gasteiger partial charge in [-0.3, -0.25) is 9.78 Å². The van der Waals surface area contributed by atoms with Crippen molar-refractivity contribution in [1.82, 2.24) is 9.97 Å². The summed E-state index contributed by atoms with van der Waals surface area (Å²) in [5, 5.41) is 3.49. The Balaban J connectivity index is 1.22. The van der Waals surface area contributed by atoms with E-state index >= 15 is 0 Å². The van der Waals surface area contributed by atoms with Crippen LogP contribution in [0.2, 0.25) is 0 Å². The second-order valence-electron chi connectivity index (χ2n) is 10.2. The Bertz CT molecular complexity index is 1540. The van der Waals surface area contributed by atoms with Crippen LogP contribution in [0.15, 0.2) is 71.8 Å². The van der Waals surface area contributed by atoms with Crippen molar-refractivity contribution in [3.63, 3.8) is 0 Å². The van der Waals surface area contributed by atoms with Gasteiger partial charge in [0.05, 0.1) is 31.2 Å². The molecule has 2 aromatic heterocycles. The number of rotatable bonds is 7. The van der Waals surface area contributed by atoms with E-state index in [0.29, 0.717) is 19.8 Å². The summed E-state index contributed by atoms with van der Waals surface area (Å²) >= 11 is 0. The van der Waals surface area contributed by atoms with Gasteiger partial charge in [0, 0.05) is 60.8 Å². The quantitative estimate of drug-likeness (QED) is 0.296. The summed E-state index contributed by atoms with van der Waals surface area (Å²) in [4.78, 5) is 22.1. The zero-order valence-electron chi connectivity index (χ0n) is 22.2. The van der Waals surface area contributed by atoms with Crippen molar-refractivity contribution in [2.45, 2.75) is 32.9 Å². The van der Waals surface area contributed by atoms with Gasteiger partial charge >= 0.3 is 0 Å². The SMILES string of the molecule is CC(C)Oc1cncc(CNc2ccc3c(c2)Cc2cccc(-c4cc(N5CCOCC5)cc(=O)[nH]4)c2O3)c1. The number of H-pyrrole nitrogens is 1. The Labute approximate surface area is 227 Å². The fraction of sp³-hybridized carbons (Fsp3) is 0.290. The molecular weight excluding hydrogens is 492 g/mol. The molecule has 200 valence electrons. The molecule has 0 amide bonds. The number of nitrogens with one attached hydrogen (secondary N) is 2. The van der Waals surface area contributed by atoms with Crippen molar-refractivity contribution in [2.24, 2.45) is 0 Å². The number of aromatic amines is 1. The van der Waals surface area contributed by atoms with E-state index in [1.807, 2.05) is 56.4 Å². The maximum atomic E-state index is 12.6. The topological polar surface area (TPSA) is 88.7 Å². The van der Waals surface area contributed by atoms with E-state index in [4.69, 9.17) is 14.2 Å². The Morgan fingerprint density at radius 2 is 1.92 bits per heavy atom. The third-order valence-electron chi connectivity index (χ3n) is 6.88. The number of aromatic nitrogens is 2. The Kier molecular flexibility index (Phi) is 6.94. The highest BCUT2D eigenvalue weighted by atomic mass is 16.5. The normalized spacial score (nSPS) is 14.4. The summed E-state index contributed by atoms with van der Waals surface area (Å²) < 4.78 is 17.7. The molecule has 8 nitrogen and oxygen atoms in total. The summed E-state index contributed by atoms with van der Waals surface area (Å²) in [7, 11) is 0. The predicted octanol–water partition coefficient (Wildman–Crippen LogP) is 5.37. The lowest BCUT2D eigenvalue weighted by molar-refractivity contribution is 0.122. The second kappa shape index (κ2) is 10.8. The first-order chi connectivity index (χ1) is 19.0. The molecule has 0 bridgehead atoms. The number of anilines is 2. The minimum Gasteiger partial charge on any atom is -0.489 e. The lowest BCUT2D eigenvalue weighted by Gasteiger charge is -2.29. The average Bonchev–Trinajstić information content (AvgIpc) is 2.94. The molecule has 2 aromatic carbocycles. The number of hydrogen-bond donors (Lipinski definition) is 2. The lowest BCUT2D eigenvalue weighted by atomic mass is 9.96. The first kappa shape index (κ1) is 25.0.